The first kappa shape index (κ1) is 14.0. The van der Waals surface area contributed by atoms with Crippen molar-refractivity contribution in [3.63, 3.8) is 0 Å². The second-order valence-corrected chi connectivity index (χ2v) is 5.81. The van der Waals surface area contributed by atoms with E-state index in [4.69, 9.17) is 23.2 Å². The van der Waals surface area contributed by atoms with E-state index in [1.165, 1.54) is 31.4 Å². The molecule has 0 aliphatic carbocycles. The zero-order valence-electron chi connectivity index (χ0n) is 11.0. The highest BCUT2D eigenvalue weighted by Gasteiger charge is 2.20. The normalized spacial score (nSPS) is 17.2. The standard InChI is InChI=1S/C15H21Cl2N/c1-2-3-12-6-8-18(9-7-12)15-5-4-13(11-16)10-14(15)17/h4-5,10,12H,2-3,6-9,11H2,1H3. The number of hydrogen-bond donors (Lipinski definition) is 0. The molecule has 0 N–H and O–H groups in total. The number of alkyl halides is 1. The maximum Gasteiger partial charge on any atom is 0.0642 e. The van der Waals surface area contributed by atoms with Gasteiger partial charge in [-0.15, -0.1) is 11.6 Å². The van der Waals surface area contributed by atoms with E-state index < -0.39 is 0 Å². The summed E-state index contributed by atoms with van der Waals surface area (Å²) in [5.74, 6) is 1.44. The number of halogens is 2. The zero-order valence-corrected chi connectivity index (χ0v) is 12.5. The van der Waals surface area contributed by atoms with Gasteiger partial charge in [0.1, 0.15) is 0 Å². The molecule has 1 aromatic rings. The van der Waals surface area contributed by atoms with Crippen LogP contribution in [-0.4, -0.2) is 13.1 Å². The summed E-state index contributed by atoms with van der Waals surface area (Å²) >= 11 is 12.2. The summed E-state index contributed by atoms with van der Waals surface area (Å²) in [7, 11) is 0. The highest BCUT2D eigenvalue weighted by atomic mass is 35.5. The quantitative estimate of drug-likeness (QED) is 0.696. The van der Waals surface area contributed by atoms with Gasteiger partial charge in [-0.2, -0.15) is 0 Å². The number of nitrogens with zero attached hydrogens (tertiary/aromatic N) is 1. The van der Waals surface area contributed by atoms with Crippen LogP contribution in [0.5, 0.6) is 0 Å². The third kappa shape index (κ3) is 3.33. The van der Waals surface area contributed by atoms with Crippen molar-refractivity contribution in [2.75, 3.05) is 18.0 Å². The lowest BCUT2D eigenvalue weighted by molar-refractivity contribution is 0.378. The van der Waals surface area contributed by atoms with Gasteiger partial charge in [-0.1, -0.05) is 37.4 Å². The maximum absolute atomic E-state index is 6.34. The van der Waals surface area contributed by atoms with Crippen LogP contribution in [0.1, 0.15) is 38.2 Å². The van der Waals surface area contributed by atoms with E-state index in [1.807, 2.05) is 6.07 Å². The molecule has 0 spiro atoms. The Balaban J connectivity index is 2.01. The maximum atomic E-state index is 6.34. The van der Waals surface area contributed by atoms with Crippen LogP contribution in [0, 0.1) is 5.92 Å². The largest absolute Gasteiger partial charge is 0.370 e. The van der Waals surface area contributed by atoms with Gasteiger partial charge in [0.15, 0.2) is 0 Å². The van der Waals surface area contributed by atoms with Crippen molar-refractivity contribution >= 4 is 28.9 Å². The van der Waals surface area contributed by atoms with E-state index in [0.29, 0.717) is 5.88 Å². The van der Waals surface area contributed by atoms with Gasteiger partial charge >= 0.3 is 0 Å². The lowest BCUT2D eigenvalue weighted by Gasteiger charge is -2.34. The minimum Gasteiger partial charge on any atom is -0.370 e. The molecule has 0 bridgehead atoms. The molecule has 0 saturated carbocycles. The molecule has 1 nitrogen and oxygen atoms in total. The van der Waals surface area contributed by atoms with Crippen molar-refractivity contribution in [1.29, 1.82) is 0 Å². The Kier molecular flexibility index (Phi) is 5.20. The first-order valence-corrected chi connectivity index (χ1v) is 7.75. The number of anilines is 1. The highest BCUT2D eigenvalue weighted by molar-refractivity contribution is 6.33. The van der Waals surface area contributed by atoms with Gasteiger partial charge < -0.3 is 4.90 Å². The van der Waals surface area contributed by atoms with Crippen molar-refractivity contribution in [1.82, 2.24) is 0 Å². The molecule has 1 aromatic carbocycles. The topological polar surface area (TPSA) is 3.24 Å². The van der Waals surface area contributed by atoms with E-state index in [1.54, 1.807) is 0 Å². The Morgan fingerprint density at radius 3 is 2.56 bits per heavy atom. The molecule has 100 valence electrons. The molecule has 0 aromatic heterocycles. The smallest absolute Gasteiger partial charge is 0.0642 e. The van der Waals surface area contributed by atoms with Crippen LogP contribution in [0.4, 0.5) is 5.69 Å². The molecule has 1 heterocycles. The molecule has 1 aliphatic rings. The molecule has 0 unspecified atom stereocenters. The summed E-state index contributed by atoms with van der Waals surface area (Å²) in [6, 6.07) is 6.18. The van der Waals surface area contributed by atoms with Gasteiger partial charge in [0.2, 0.25) is 0 Å². The van der Waals surface area contributed by atoms with Gasteiger partial charge in [0.05, 0.1) is 10.7 Å². The van der Waals surface area contributed by atoms with Crippen LogP contribution in [-0.2, 0) is 5.88 Å². The van der Waals surface area contributed by atoms with Gasteiger partial charge in [0.25, 0.3) is 0 Å². The lowest BCUT2D eigenvalue weighted by atomic mass is 9.92. The predicted octanol–water partition coefficient (Wildman–Crippen LogP) is 5.10. The van der Waals surface area contributed by atoms with Crippen LogP contribution >= 0.6 is 23.2 Å². The Hall–Kier alpha value is -0.400. The minimum absolute atomic E-state index is 0.526. The van der Waals surface area contributed by atoms with Crippen LogP contribution in [0.15, 0.2) is 18.2 Å². The van der Waals surface area contributed by atoms with Crippen LogP contribution in [0.3, 0.4) is 0 Å². The molecule has 3 heteroatoms. The van der Waals surface area contributed by atoms with Crippen molar-refractivity contribution in [3.8, 4) is 0 Å². The Morgan fingerprint density at radius 1 is 1.28 bits per heavy atom. The van der Waals surface area contributed by atoms with Crippen molar-refractivity contribution in [3.05, 3.63) is 28.8 Å². The lowest BCUT2D eigenvalue weighted by Crippen LogP contribution is -2.33. The summed E-state index contributed by atoms with van der Waals surface area (Å²) in [6.07, 6.45) is 5.26. The third-order valence-electron chi connectivity index (χ3n) is 3.82. The molecule has 0 atom stereocenters. The van der Waals surface area contributed by atoms with E-state index in [0.717, 1.165) is 29.6 Å². The fourth-order valence-electron chi connectivity index (χ4n) is 2.76. The van der Waals surface area contributed by atoms with Crippen molar-refractivity contribution < 1.29 is 0 Å². The molecule has 2 rings (SSSR count). The number of benzene rings is 1. The van der Waals surface area contributed by atoms with Gasteiger partial charge in [0, 0.05) is 19.0 Å². The summed E-state index contributed by atoms with van der Waals surface area (Å²) in [5.41, 5.74) is 2.26. The third-order valence-corrected chi connectivity index (χ3v) is 4.43. The molecule has 0 amide bonds. The van der Waals surface area contributed by atoms with E-state index in [9.17, 15) is 0 Å². The molecule has 1 saturated heterocycles. The first-order chi connectivity index (χ1) is 8.74. The molecule has 1 aliphatic heterocycles. The van der Waals surface area contributed by atoms with E-state index in [2.05, 4.69) is 24.0 Å². The van der Waals surface area contributed by atoms with Crippen LogP contribution < -0.4 is 4.90 Å². The van der Waals surface area contributed by atoms with Gasteiger partial charge in [-0.05, 0) is 36.5 Å². The fraction of sp³-hybridized carbons (Fsp3) is 0.600. The highest BCUT2D eigenvalue weighted by Crippen LogP contribution is 2.31. The van der Waals surface area contributed by atoms with Gasteiger partial charge in [-0.3, -0.25) is 0 Å². The summed E-state index contributed by atoms with van der Waals surface area (Å²) in [5, 5.41) is 0.835. The number of hydrogen-bond acceptors (Lipinski definition) is 1. The minimum atomic E-state index is 0.526. The Morgan fingerprint density at radius 2 is 2.00 bits per heavy atom. The first-order valence-electron chi connectivity index (χ1n) is 6.84. The van der Waals surface area contributed by atoms with Crippen molar-refractivity contribution in [2.24, 2.45) is 5.92 Å². The van der Waals surface area contributed by atoms with Crippen molar-refractivity contribution in [2.45, 2.75) is 38.5 Å². The zero-order chi connectivity index (χ0) is 13.0. The summed E-state index contributed by atoms with van der Waals surface area (Å²) in [6.45, 7) is 4.53. The summed E-state index contributed by atoms with van der Waals surface area (Å²) < 4.78 is 0. The SMILES string of the molecule is CCCC1CCN(c2ccc(CCl)cc2Cl)CC1. The molecular formula is C15H21Cl2N. The molecule has 18 heavy (non-hydrogen) atoms. The second-order valence-electron chi connectivity index (χ2n) is 5.14. The Bertz CT molecular complexity index is 384. The number of rotatable bonds is 4. The Labute approximate surface area is 120 Å². The molecule has 0 radical (unpaired) electrons. The monoisotopic (exact) mass is 285 g/mol. The second kappa shape index (κ2) is 6.68. The average molecular weight is 286 g/mol. The molecule has 1 fully saturated rings. The average Bonchev–Trinajstić information content (AvgIpc) is 2.40. The molecular weight excluding hydrogens is 265 g/mol. The predicted molar refractivity (Wildman–Crippen MR) is 80.9 cm³/mol. The number of piperidine rings is 1. The fourth-order valence-corrected chi connectivity index (χ4v) is 3.25. The van der Waals surface area contributed by atoms with Gasteiger partial charge in [-0.25, -0.2) is 0 Å². The van der Waals surface area contributed by atoms with E-state index in [-0.39, 0.29) is 0 Å². The van der Waals surface area contributed by atoms with Crippen LogP contribution in [0.25, 0.3) is 0 Å². The van der Waals surface area contributed by atoms with Crippen LogP contribution in [0.2, 0.25) is 5.02 Å². The van der Waals surface area contributed by atoms with E-state index >= 15 is 0 Å². The summed E-state index contributed by atoms with van der Waals surface area (Å²) in [4.78, 5) is 2.41.